The number of halogens is 1. The third-order valence-electron chi connectivity index (χ3n) is 10.1. The highest BCUT2D eigenvalue weighted by molar-refractivity contribution is 6.33. The van der Waals surface area contributed by atoms with E-state index < -0.39 is 0 Å². The summed E-state index contributed by atoms with van der Waals surface area (Å²) in [5.41, 5.74) is 2.03. The number of ether oxygens (including phenoxy) is 1. The van der Waals surface area contributed by atoms with E-state index in [4.69, 9.17) is 27.9 Å². The highest BCUT2D eigenvalue weighted by Gasteiger charge is 2.67. The Labute approximate surface area is 261 Å². The van der Waals surface area contributed by atoms with Crippen LogP contribution in [0.5, 0.6) is 5.75 Å². The van der Waals surface area contributed by atoms with E-state index in [1.807, 2.05) is 17.0 Å². The van der Waals surface area contributed by atoms with Gasteiger partial charge in [-0.3, -0.25) is 4.79 Å². The molecule has 2 aromatic rings. The maximum Gasteiger partial charge on any atom is 0.256 e. The first-order valence-electron chi connectivity index (χ1n) is 15.7. The molecule has 0 spiro atoms. The van der Waals surface area contributed by atoms with Crippen LogP contribution in [0.25, 0.3) is 4.85 Å². The summed E-state index contributed by atoms with van der Waals surface area (Å²) in [6.45, 7) is 22.1. The Morgan fingerprint density at radius 3 is 2.49 bits per heavy atom. The Hall–Kier alpha value is -3.10. The Balaban J connectivity index is 1.09. The van der Waals surface area contributed by atoms with E-state index >= 15 is 0 Å². The molecule has 0 radical (unpaired) electrons. The largest absolute Gasteiger partial charge is 0.489 e. The smallest absolute Gasteiger partial charge is 0.256 e. The summed E-state index contributed by atoms with van der Waals surface area (Å²) in [6.07, 6.45) is 4.67. The number of benzene rings is 1. The monoisotopic (exact) mass is 599 g/mol. The van der Waals surface area contributed by atoms with Crippen molar-refractivity contribution >= 4 is 23.2 Å². The SMILES string of the molecule is [C-]#[N+]c1ccc(OC2C(C)(C)C(N3Cc4nc(C#CC5CCN(CC6CCNCC6)CC5)ccc4C3=O)C2(C)C)cc1Cl. The first-order chi connectivity index (χ1) is 20.6. The normalized spacial score (nSPS) is 25.3. The van der Waals surface area contributed by atoms with Crippen LogP contribution in [-0.4, -0.2) is 65.6 Å². The van der Waals surface area contributed by atoms with Crippen molar-refractivity contribution in [3.05, 3.63) is 63.7 Å². The molecule has 226 valence electrons. The zero-order valence-corrected chi connectivity index (χ0v) is 26.5. The van der Waals surface area contributed by atoms with Gasteiger partial charge in [0.25, 0.3) is 5.91 Å². The van der Waals surface area contributed by atoms with Crippen molar-refractivity contribution in [1.29, 1.82) is 0 Å². The van der Waals surface area contributed by atoms with Gasteiger partial charge >= 0.3 is 0 Å². The minimum absolute atomic E-state index is 0.0252. The standard InChI is InChI=1S/C35H42ClN5O2/c1-34(2)32(35(3,4)33(34)43-26-9-11-29(37-5)28(36)20-26)41-22-30-27(31(41)42)10-8-25(39-30)7-6-23-14-18-40(19-15-23)21-24-12-16-38-17-13-24/h8-11,20,23-24,32-33,38H,12-19,21-22H2,1-4H3. The maximum atomic E-state index is 13.6. The molecule has 1 aliphatic carbocycles. The zero-order chi connectivity index (χ0) is 30.4. The van der Waals surface area contributed by atoms with Crippen LogP contribution >= 0.6 is 11.6 Å². The van der Waals surface area contributed by atoms with Crippen LogP contribution < -0.4 is 10.1 Å². The predicted octanol–water partition coefficient (Wildman–Crippen LogP) is 6.19. The van der Waals surface area contributed by atoms with Gasteiger partial charge in [0.15, 0.2) is 0 Å². The van der Waals surface area contributed by atoms with Crippen LogP contribution in [0.4, 0.5) is 5.69 Å². The summed E-state index contributed by atoms with van der Waals surface area (Å²) < 4.78 is 6.45. The number of aromatic nitrogens is 1. The fourth-order valence-electron chi connectivity index (χ4n) is 8.35. The van der Waals surface area contributed by atoms with Gasteiger partial charge in [-0.2, -0.15) is 0 Å². The molecule has 2 saturated heterocycles. The second kappa shape index (κ2) is 11.8. The van der Waals surface area contributed by atoms with E-state index in [0.29, 0.717) is 34.5 Å². The van der Waals surface area contributed by atoms with Crippen LogP contribution in [-0.2, 0) is 6.54 Å². The Kier molecular flexibility index (Phi) is 8.20. The molecular formula is C35H42ClN5O2. The van der Waals surface area contributed by atoms with Crippen molar-refractivity contribution in [3.8, 4) is 17.6 Å². The fourth-order valence-corrected chi connectivity index (χ4v) is 8.56. The van der Waals surface area contributed by atoms with E-state index in [9.17, 15) is 4.79 Å². The number of amides is 1. The summed E-state index contributed by atoms with van der Waals surface area (Å²) in [6, 6.07) is 8.96. The van der Waals surface area contributed by atoms with Gasteiger partial charge in [-0.25, -0.2) is 9.83 Å². The fraction of sp³-hybridized carbons (Fsp3) is 0.571. The number of nitrogens with zero attached hydrogens (tertiary/aromatic N) is 4. The van der Waals surface area contributed by atoms with Gasteiger partial charge in [-0.05, 0) is 88.0 Å². The van der Waals surface area contributed by atoms with Gasteiger partial charge in [0.1, 0.15) is 17.5 Å². The van der Waals surface area contributed by atoms with Crippen LogP contribution in [0.1, 0.15) is 75.1 Å². The Morgan fingerprint density at radius 1 is 1.09 bits per heavy atom. The summed E-state index contributed by atoms with van der Waals surface area (Å²) in [7, 11) is 0. The average Bonchev–Trinajstić information content (AvgIpc) is 3.30. The lowest BCUT2D eigenvalue weighted by atomic mass is 9.49. The van der Waals surface area contributed by atoms with Crippen molar-refractivity contribution in [2.45, 2.75) is 72.1 Å². The predicted molar refractivity (Wildman–Crippen MR) is 169 cm³/mol. The molecule has 1 aromatic carbocycles. The second-order valence-electron chi connectivity index (χ2n) is 13.9. The lowest BCUT2D eigenvalue weighted by molar-refractivity contribution is -0.199. The van der Waals surface area contributed by atoms with Gasteiger partial charge in [0.05, 0.1) is 29.4 Å². The molecule has 4 heterocycles. The summed E-state index contributed by atoms with van der Waals surface area (Å²) in [5.74, 6) is 8.73. The summed E-state index contributed by atoms with van der Waals surface area (Å²) in [4.78, 5) is 26.5. The van der Waals surface area contributed by atoms with E-state index in [2.05, 4.69) is 54.6 Å². The van der Waals surface area contributed by atoms with Crippen molar-refractivity contribution < 1.29 is 9.53 Å². The molecule has 43 heavy (non-hydrogen) atoms. The number of carbonyl (C=O) groups excluding carboxylic acids is 1. The molecule has 3 fully saturated rings. The number of hydrogen-bond donors (Lipinski definition) is 1. The molecule has 6 rings (SSSR count). The highest BCUT2D eigenvalue weighted by atomic mass is 35.5. The van der Waals surface area contributed by atoms with E-state index in [1.54, 1.807) is 18.2 Å². The van der Waals surface area contributed by atoms with Gasteiger partial charge < -0.3 is 19.9 Å². The molecular weight excluding hydrogens is 558 g/mol. The number of fused-ring (bicyclic) bond motifs is 1. The molecule has 1 amide bonds. The average molecular weight is 600 g/mol. The molecule has 7 nitrogen and oxygen atoms in total. The van der Waals surface area contributed by atoms with E-state index in [1.165, 1.54) is 19.4 Å². The van der Waals surface area contributed by atoms with Gasteiger partial charge in [0.2, 0.25) is 5.69 Å². The van der Waals surface area contributed by atoms with Crippen LogP contribution in [0.2, 0.25) is 5.02 Å². The van der Waals surface area contributed by atoms with Crippen molar-refractivity contribution in [2.75, 3.05) is 32.7 Å². The van der Waals surface area contributed by atoms with Crippen molar-refractivity contribution in [2.24, 2.45) is 22.7 Å². The topological polar surface area (TPSA) is 62.1 Å². The quantitative estimate of drug-likeness (QED) is 0.328. The number of rotatable bonds is 5. The lowest BCUT2D eigenvalue weighted by Gasteiger charge is -2.65. The van der Waals surface area contributed by atoms with Gasteiger partial charge in [-0.1, -0.05) is 51.3 Å². The number of nitrogens with one attached hydrogen (secondary N) is 1. The number of carbonyl (C=O) groups is 1. The molecule has 0 atom stereocenters. The molecule has 0 unspecified atom stereocenters. The highest BCUT2D eigenvalue weighted by Crippen LogP contribution is 2.59. The number of hydrogen-bond acceptors (Lipinski definition) is 5. The maximum absolute atomic E-state index is 13.6. The zero-order valence-electron chi connectivity index (χ0n) is 25.8. The minimum atomic E-state index is -0.308. The molecule has 1 saturated carbocycles. The first kappa shape index (κ1) is 29.9. The molecule has 0 bridgehead atoms. The van der Waals surface area contributed by atoms with Crippen molar-refractivity contribution in [1.82, 2.24) is 20.1 Å². The van der Waals surface area contributed by atoms with Crippen LogP contribution in [0, 0.1) is 41.1 Å². The molecule has 4 aliphatic rings. The molecule has 8 heteroatoms. The van der Waals surface area contributed by atoms with Gasteiger partial charge in [-0.15, -0.1) is 0 Å². The minimum Gasteiger partial charge on any atom is -0.489 e. The molecule has 1 aromatic heterocycles. The van der Waals surface area contributed by atoms with Crippen LogP contribution in [0.15, 0.2) is 30.3 Å². The van der Waals surface area contributed by atoms with Gasteiger partial charge in [0, 0.05) is 29.3 Å². The number of likely N-dealkylation sites (tertiary alicyclic amines) is 1. The number of piperidine rings is 2. The molecule has 1 N–H and O–H groups in total. The first-order valence-corrected chi connectivity index (χ1v) is 16.0. The second-order valence-corrected chi connectivity index (χ2v) is 14.3. The lowest BCUT2D eigenvalue weighted by Crippen LogP contribution is -2.74. The summed E-state index contributed by atoms with van der Waals surface area (Å²) >= 11 is 6.27. The Morgan fingerprint density at radius 2 is 1.81 bits per heavy atom. The summed E-state index contributed by atoms with van der Waals surface area (Å²) in [5, 5.41) is 3.85. The van der Waals surface area contributed by atoms with Crippen LogP contribution in [0.3, 0.4) is 0 Å². The third kappa shape index (κ3) is 5.76. The van der Waals surface area contributed by atoms with E-state index in [0.717, 1.165) is 56.3 Å². The Bertz CT molecular complexity index is 1470. The van der Waals surface area contributed by atoms with Crippen molar-refractivity contribution in [3.63, 3.8) is 0 Å². The number of pyridine rings is 1. The third-order valence-corrected chi connectivity index (χ3v) is 10.4. The van der Waals surface area contributed by atoms with E-state index in [-0.39, 0.29) is 28.9 Å². The molecule has 3 aliphatic heterocycles.